The topological polar surface area (TPSA) is 51.2 Å². The SMILES string of the molecule is C[C@H](Nc1ccccn1)C(=O)OCc1ccccc1. The van der Waals surface area contributed by atoms with E-state index in [2.05, 4.69) is 10.3 Å². The van der Waals surface area contributed by atoms with Crippen LogP contribution in [0.2, 0.25) is 0 Å². The van der Waals surface area contributed by atoms with Crippen molar-refractivity contribution >= 4 is 11.8 Å². The van der Waals surface area contributed by atoms with Gasteiger partial charge in [0.1, 0.15) is 18.5 Å². The average Bonchev–Trinajstić information content (AvgIpc) is 2.47. The number of nitrogens with zero attached hydrogens (tertiary/aromatic N) is 1. The molecule has 1 aromatic carbocycles. The van der Waals surface area contributed by atoms with Crippen molar-refractivity contribution in [2.24, 2.45) is 0 Å². The van der Waals surface area contributed by atoms with Crippen molar-refractivity contribution in [2.45, 2.75) is 19.6 Å². The van der Waals surface area contributed by atoms with E-state index >= 15 is 0 Å². The molecule has 0 spiro atoms. The van der Waals surface area contributed by atoms with Crippen molar-refractivity contribution < 1.29 is 9.53 Å². The summed E-state index contributed by atoms with van der Waals surface area (Å²) in [6.07, 6.45) is 1.67. The molecular weight excluding hydrogens is 240 g/mol. The largest absolute Gasteiger partial charge is 0.459 e. The normalized spacial score (nSPS) is 11.6. The Hall–Kier alpha value is -2.36. The fourth-order valence-corrected chi connectivity index (χ4v) is 1.58. The third kappa shape index (κ3) is 4.10. The van der Waals surface area contributed by atoms with Crippen molar-refractivity contribution in [3.8, 4) is 0 Å². The summed E-state index contributed by atoms with van der Waals surface area (Å²) in [6.45, 7) is 2.04. The van der Waals surface area contributed by atoms with Gasteiger partial charge in [-0.2, -0.15) is 0 Å². The van der Waals surface area contributed by atoms with E-state index in [1.807, 2.05) is 42.5 Å². The second-order valence-electron chi connectivity index (χ2n) is 4.17. The van der Waals surface area contributed by atoms with Crippen LogP contribution in [0.1, 0.15) is 12.5 Å². The van der Waals surface area contributed by atoms with Gasteiger partial charge in [-0.3, -0.25) is 0 Å². The molecule has 4 nitrogen and oxygen atoms in total. The smallest absolute Gasteiger partial charge is 0.328 e. The average molecular weight is 256 g/mol. The second-order valence-corrected chi connectivity index (χ2v) is 4.17. The van der Waals surface area contributed by atoms with Crippen LogP contribution >= 0.6 is 0 Å². The Kier molecular flexibility index (Phi) is 4.50. The first-order valence-electron chi connectivity index (χ1n) is 6.14. The Bertz CT molecular complexity index is 514. The molecule has 1 atom stereocenters. The molecule has 0 aliphatic heterocycles. The van der Waals surface area contributed by atoms with Gasteiger partial charge in [0.2, 0.25) is 0 Å². The summed E-state index contributed by atoms with van der Waals surface area (Å²) < 4.78 is 5.23. The van der Waals surface area contributed by atoms with Crippen LogP contribution in [0.4, 0.5) is 5.82 Å². The van der Waals surface area contributed by atoms with Crippen molar-refractivity contribution in [3.63, 3.8) is 0 Å². The number of aromatic nitrogens is 1. The minimum atomic E-state index is -0.432. The number of hydrogen-bond acceptors (Lipinski definition) is 4. The van der Waals surface area contributed by atoms with E-state index in [9.17, 15) is 4.79 Å². The van der Waals surface area contributed by atoms with Crippen molar-refractivity contribution in [2.75, 3.05) is 5.32 Å². The maximum absolute atomic E-state index is 11.8. The van der Waals surface area contributed by atoms with Gasteiger partial charge in [-0.1, -0.05) is 36.4 Å². The third-order valence-corrected chi connectivity index (χ3v) is 2.61. The molecule has 2 rings (SSSR count). The highest BCUT2D eigenvalue weighted by atomic mass is 16.5. The van der Waals surface area contributed by atoms with E-state index in [1.54, 1.807) is 19.2 Å². The molecule has 1 aromatic heterocycles. The highest BCUT2D eigenvalue weighted by Crippen LogP contribution is 2.06. The summed E-state index contributed by atoms with van der Waals surface area (Å²) >= 11 is 0. The molecule has 0 amide bonds. The lowest BCUT2D eigenvalue weighted by Gasteiger charge is -2.13. The molecule has 0 saturated carbocycles. The van der Waals surface area contributed by atoms with Gasteiger partial charge in [-0.25, -0.2) is 9.78 Å². The lowest BCUT2D eigenvalue weighted by atomic mass is 10.2. The minimum absolute atomic E-state index is 0.286. The van der Waals surface area contributed by atoms with E-state index in [1.165, 1.54) is 0 Å². The highest BCUT2D eigenvalue weighted by molar-refractivity contribution is 5.78. The zero-order valence-corrected chi connectivity index (χ0v) is 10.7. The van der Waals surface area contributed by atoms with Crippen LogP contribution in [-0.2, 0) is 16.1 Å². The zero-order valence-electron chi connectivity index (χ0n) is 10.7. The minimum Gasteiger partial charge on any atom is -0.459 e. The van der Waals surface area contributed by atoms with E-state index in [-0.39, 0.29) is 12.6 Å². The lowest BCUT2D eigenvalue weighted by Crippen LogP contribution is -2.28. The molecular formula is C15H16N2O2. The molecule has 98 valence electrons. The summed E-state index contributed by atoms with van der Waals surface area (Å²) in [7, 11) is 0. The number of anilines is 1. The van der Waals surface area contributed by atoms with Gasteiger partial charge in [0.25, 0.3) is 0 Å². The van der Waals surface area contributed by atoms with Gasteiger partial charge in [0, 0.05) is 6.20 Å². The van der Waals surface area contributed by atoms with Crippen molar-refractivity contribution in [3.05, 3.63) is 60.3 Å². The molecule has 1 heterocycles. The van der Waals surface area contributed by atoms with E-state index in [0.717, 1.165) is 5.56 Å². The zero-order chi connectivity index (χ0) is 13.5. The van der Waals surface area contributed by atoms with Gasteiger partial charge in [-0.15, -0.1) is 0 Å². The molecule has 4 heteroatoms. The molecule has 0 bridgehead atoms. The molecule has 1 N–H and O–H groups in total. The second kappa shape index (κ2) is 6.54. The summed E-state index contributed by atoms with van der Waals surface area (Å²) in [5.74, 6) is 0.362. The number of nitrogens with one attached hydrogen (secondary N) is 1. The van der Waals surface area contributed by atoms with Crippen LogP contribution in [0.25, 0.3) is 0 Å². The van der Waals surface area contributed by atoms with E-state index in [0.29, 0.717) is 5.82 Å². The first-order chi connectivity index (χ1) is 9.25. The Labute approximate surface area is 112 Å². The van der Waals surface area contributed by atoms with Crippen LogP contribution in [0.15, 0.2) is 54.7 Å². The van der Waals surface area contributed by atoms with Crippen LogP contribution < -0.4 is 5.32 Å². The van der Waals surface area contributed by atoms with Crippen LogP contribution in [0.5, 0.6) is 0 Å². The summed E-state index contributed by atoms with van der Waals surface area (Å²) in [6, 6.07) is 14.7. The van der Waals surface area contributed by atoms with Crippen molar-refractivity contribution in [1.29, 1.82) is 0 Å². The molecule has 19 heavy (non-hydrogen) atoms. The Morgan fingerprint density at radius 1 is 1.21 bits per heavy atom. The van der Waals surface area contributed by atoms with Crippen molar-refractivity contribution in [1.82, 2.24) is 4.98 Å². The highest BCUT2D eigenvalue weighted by Gasteiger charge is 2.14. The predicted molar refractivity (Wildman–Crippen MR) is 73.6 cm³/mol. The number of pyridine rings is 1. The summed E-state index contributed by atoms with van der Waals surface area (Å²) in [5.41, 5.74) is 0.973. The summed E-state index contributed by atoms with van der Waals surface area (Å²) in [4.78, 5) is 15.9. The third-order valence-electron chi connectivity index (χ3n) is 2.61. The monoisotopic (exact) mass is 256 g/mol. The molecule has 2 aromatic rings. The number of benzene rings is 1. The molecule has 0 fully saturated rings. The standard InChI is InChI=1S/C15H16N2O2/c1-12(17-14-9-5-6-10-16-14)15(18)19-11-13-7-3-2-4-8-13/h2-10,12H,11H2,1H3,(H,16,17)/t12-/m0/s1. The first-order valence-corrected chi connectivity index (χ1v) is 6.14. The van der Waals surface area contributed by atoms with Gasteiger partial charge in [-0.05, 0) is 24.6 Å². The Balaban J connectivity index is 1.83. The maximum Gasteiger partial charge on any atom is 0.328 e. The van der Waals surface area contributed by atoms with Gasteiger partial charge < -0.3 is 10.1 Å². The fraction of sp³-hybridized carbons (Fsp3) is 0.200. The number of hydrogen-bond donors (Lipinski definition) is 1. The quantitative estimate of drug-likeness (QED) is 0.835. The van der Waals surface area contributed by atoms with Gasteiger partial charge in [0.05, 0.1) is 0 Å². The number of esters is 1. The number of carbonyl (C=O) groups is 1. The number of ether oxygens (including phenoxy) is 1. The molecule has 0 aliphatic rings. The molecule has 0 saturated heterocycles. The fourth-order valence-electron chi connectivity index (χ4n) is 1.58. The van der Waals surface area contributed by atoms with E-state index < -0.39 is 6.04 Å². The number of carbonyl (C=O) groups excluding carboxylic acids is 1. The van der Waals surface area contributed by atoms with E-state index in [4.69, 9.17) is 4.74 Å². The maximum atomic E-state index is 11.8. The molecule has 0 aliphatic carbocycles. The van der Waals surface area contributed by atoms with Gasteiger partial charge in [0.15, 0.2) is 0 Å². The summed E-state index contributed by atoms with van der Waals surface area (Å²) in [5, 5.41) is 2.99. The van der Waals surface area contributed by atoms with Crippen LogP contribution in [-0.4, -0.2) is 17.0 Å². The number of rotatable bonds is 5. The molecule has 0 radical (unpaired) electrons. The Morgan fingerprint density at radius 3 is 2.63 bits per heavy atom. The first kappa shape index (κ1) is 13.1. The van der Waals surface area contributed by atoms with Gasteiger partial charge >= 0.3 is 5.97 Å². The lowest BCUT2D eigenvalue weighted by molar-refractivity contribution is -0.145. The van der Waals surface area contributed by atoms with Crippen LogP contribution in [0.3, 0.4) is 0 Å². The predicted octanol–water partition coefficient (Wildman–Crippen LogP) is 2.63. The Morgan fingerprint density at radius 2 is 1.95 bits per heavy atom. The van der Waals surface area contributed by atoms with Crippen LogP contribution in [0, 0.1) is 0 Å². The molecule has 0 unspecified atom stereocenters.